The molecule has 1 amide bonds. The van der Waals surface area contributed by atoms with Gasteiger partial charge in [-0.3, -0.25) is 9.52 Å². The van der Waals surface area contributed by atoms with Gasteiger partial charge in [0.15, 0.2) is 0 Å². The number of nitrogens with zero attached hydrogens (tertiary/aromatic N) is 1. The predicted octanol–water partition coefficient (Wildman–Crippen LogP) is 0.282. The third-order valence-electron chi connectivity index (χ3n) is 3.32. The van der Waals surface area contributed by atoms with Crippen LogP contribution < -0.4 is 4.72 Å². The monoisotopic (exact) mass is 328 g/mol. The zero-order chi connectivity index (χ0) is 16.2. The van der Waals surface area contributed by atoms with Crippen molar-refractivity contribution in [2.75, 3.05) is 36.8 Å². The maximum absolute atomic E-state index is 12.4. The van der Waals surface area contributed by atoms with Crippen LogP contribution in [0.1, 0.15) is 17.3 Å². The summed E-state index contributed by atoms with van der Waals surface area (Å²) in [5.74, 6) is -0.228. The third-order valence-corrected chi connectivity index (χ3v) is 4.63. The number of sulfonamides is 1. The lowest BCUT2D eigenvalue weighted by Crippen LogP contribution is -2.37. The number of nitrogens with one attached hydrogen (secondary N) is 1. The highest BCUT2D eigenvalue weighted by Gasteiger charge is 2.22. The van der Waals surface area contributed by atoms with Gasteiger partial charge in [0.05, 0.1) is 25.1 Å². The first-order valence-corrected chi connectivity index (χ1v) is 8.72. The molecule has 0 aromatic heterocycles. The van der Waals surface area contributed by atoms with Crippen LogP contribution in [0, 0.1) is 0 Å². The van der Waals surface area contributed by atoms with E-state index in [1.165, 1.54) is 4.90 Å². The lowest BCUT2D eigenvalue weighted by atomic mass is 10.1. The Balaban J connectivity index is 2.07. The van der Waals surface area contributed by atoms with E-state index in [1.807, 2.05) is 0 Å². The molecule has 2 rings (SSSR count). The summed E-state index contributed by atoms with van der Waals surface area (Å²) < 4.78 is 30.6. The Hall–Kier alpha value is -1.64. The van der Waals surface area contributed by atoms with E-state index in [9.17, 15) is 18.3 Å². The van der Waals surface area contributed by atoms with Crippen molar-refractivity contribution >= 4 is 21.6 Å². The van der Waals surface area contributed by atoms with Crippen molar-refractivity contribution in [1.82, 2.24) is 4.90 Å². The van der Waals surface area contributed by atoms with Gasteiger partial charge in [-0.1, -0.05) is 0 Å². The molecule has 1 saturated heterocycles. The highest BCUT2D eigenvalue weighted by atomic mass is 32.2. The quantitative estimate of drug-likeness (QED) is 0.828. The molecule has 1 heterocycles. The second kappa shape index (κ2) is 7.08. The Morgan fingerprint density at radius 3 is 2.73 bits per heavy atom. The van der Waals surface area contributed by atoms with Crippen LogP contribution >= 0.6 is 0 Å². The van der Waals surface area contributed by atoms with Crippen LogP contribution in [0.4, 0.5) is 5.69 Å². The number of aliphatic hydroxyl groups is 1. The first kappa shape index (κ1) is 16.7. The molecule has 0 bridgehead atoms. The molecule has 22 heavy (non-hydrogen) atoms. The highest BCUT2D eigenvalue weighted by Crippen LogP contribution is 2.14. The molecule has 0 saturated carbocycles. The Morgan fingerprint density at radius 2 is 2.09 bits per heavy atom. The van der Waals surface area contributed by atoms with Crippen LogP contribution in [-0.4, -0.2) is 62.5 Å². The number of amides is 1. The van der Waals surface area contributed by atoms with Gasteiger partial charge in [0, 0.05) is 24.3 Å². The minimum absolute atomic E-state index is 0.0145. The molecular weight excluding hydrogens is 308 g/mol. The topological polar surface area (TPSA) is 95.9 Å². The van der Waals surface area contributed by atoms with E-state index in [2.05, 4.69) is 4.72 Å². The lowest BCUT2D eigenvalue weighted by Gasteiger charge is -2.21. The molecule has 2 N–H and O–H groups in total. The first-order chi connectivity index (χ1) is 10.4. The van der Waals surface area contributed by atoms with E-state index in [4.69, 9.17) is 4.74 Å². The van der Waals surface area contributed by atoms with Crippen LogP contribution in [0.15, 0.2) is 24.3 Å². The Kier molecular flexibility index (Phi) is 5.38. The van der Waals surface area contributed by atoms with Gasteiger partial charge in [0.1, 0.15) is 0 Å². The zero-order valence-electron chi connectivity index (χ0n) is 12.4. The van der Waals surface area contributed by atoms with E-state index in [1.54, 1.807) is 31.2 Å². The number of benzene rings is 1. The molecule has 1 aromatic carbocycles. The van der Waals surface area contributed by atoms with E-state index in [0.29, 0.717) is 24.4 Å². The second-order valence-corrected chi connectivity index (χ2v) is 7.07. The summed E-state index contributed by atoms with van der Waals surface area (Å²) in [6.07, 6.45) is -0.693. The molecule has 1 fully saturated rings. The maximum atomic E-state index is 12.4. The standard InChI is InChI=1S/C14H20N2O5S/c1-2-22(19,20)15-12-5-3-11(4-6-12)14(18)16-7-8-21-10-13(17)9-16/h3-6,13,15,17H,2,7-10H2,1H3/t13-/m0/s1. The van der Waals surface area contributed by atoms with Gasteiger partial charge in [0.25, 0.3) is 5.91 Å². The first-order valence-electron chi connectivity index (χ1n) is 7.07. The molecule has 0 unspecified atom stereocenters. The number of β-amino-alcohol motifs (C(OH)–C–C–N with tert-alkyl or cyclic N) is 1. The van der Waals surface area contributed by atoms with Crippen molar-refractivity contribution in [2.24, 2.45) is 0 Å². The maximum Gasteiger partial charge on any atom is 0.254 e. The summed E-state index contributed by atoms with van der Waals surface area (Å²) in [6, 6.07) is 6.22. The number of hydrogen-bond donors (Lipinski definition) is 2. The fourth-order valence-corrected chi connectivity index (χ4v) is 2.73. The Morgan fingerprint density at radius 1 is 1.41 bits per heavy atom. The van der Waals surface area contributed by atoms with Gasteiger partial charge in [-0.15, -0.1) is 0 Å². The third kappa shape index (κ3) is 4.43. The van der Waals surface area contributed by atoms with Crippen LogP contribution in [0.5, 0.6) is 0 Å². The van der Waals surface area contributed by atoms with Crippen LogP contribution in [0.2, 0.25) is 0 Å². The number of hydrogen-bond acceptors (Lipinski definition) is 5. The molecule has 8 heteroatoms. The van der Waals surface area contributed by atoms with Gasteiger partial charge in [0.2, 0.25) is 10.0 Å². The smallest absolute Gasteiger partial charge is 0.254 e. The fourth-order valence-electron chi connectivity index (χ4n) is 2.09. The van der Waals surface area contributed by atoms with Gasteiger partial charge in [-0.2, -0.15) is 0 Å². The summed E-state index contributed by atoms with van der Waals surface area (Å²) in [7, 11) is -3.33. The SMILES string of the molecule is CCS(=O)(=O)Nc1ccc(C(=O)N2CCOC[C@@H](O)C2)cc1. The lowest BCUT2D eigenvalue weighted by molar-refractivity contribution is 0.0534. The van der Waals surface area contributed by atoms with Gasteiger partial charge in [-0.05, 0) is 31.2 Å². The van der Waals surface area contributed by atoms with Crippen molar-refractivity contribution in [2.45, 2.75) is 13.0 Å². The molecule has 1 atom stereocenters. The number of rotatable bonds is 4. The number of aliphatic hydroxyl groups excluding tert-OH is 1. The van der Waals surface area contributed by atoms with Gasteiger partial charge in [-0.25, -0.2) is 8.42 Å². The Labute approximate surface area is 129 Å². The molecule has 0 radical (unpaired) electrons. The van der Waals surface area contributed by atoms with E-state index in [0.717, 1.165) is 0 Å². The van der Waals surface area contributed by atoms with E-state index in [-0.39, 0.29) is 24.8 Å². The van der Waals surface area contributed by atoms with Crippen molar-refractivity contribution < 1.29 is 23.1 Å². The largest absolute Gasteiger partial charge is 0.389 e. The van der Waals surface area contributed by atoms with Crippen LogP contribution in [0.3, 0.4) is 0 Å². The number of carbonyl (C=O) groups is 1. The highest BCUT2D eigenvalue weighted by molar-refractivity contribution is 7.92. The van der Waals surface area contributed by atoms with Crippen LogP contribution in [0.25, 0.3) is 0 Å². The van der Waals surface area contributed by atoms with E-state index >= 15 is 0 Å². The van der Waals surface area contributed by atoms with Gasteiger partial charge < -0.3 is 14.7 Å². The van der Waals surface area contributed by atoms with Crippen molar-refractivity contribution in [3.8, 4) is 0 Å². The number of anilines is 1. The minimum Gasteiger partial charge on any atom is -0.389 e. The summed E-state index contributed by atoms with van der Waals surface area (Å²) in [5, 5.41) is 9.66. The average Bonchev–Trinajstić information content (AvgIpc) is 2.71. The predicted molar refractivity (Wildman–Crippen MR) is 82.3 cm³/mol. The zero-order valence-corrected chi connectivity index (χ0v) is 13.2. The summed E-state index contributed by atoms with van der Waals surface area (Å²) in [6.45, 7) is 2.80. The van der Waals surface area contributed by atoms with Gasteiger partial charge >= 0.3 is 0 Å². The summed E-state index contributed by atoms with van der Waals surface area (Å²) >= 11 is 0. The Bertz CT molecular complexity index is 615. The number of carbonyl (C=O) groups excluding carboxylic acids is 1. The molecule has 1 aliphatic rings. The normalized spacial score (nSPS) is 19.5. The second-order valence-electron chi connectivity index (χ2n) is 5.06. The number of ether oxygens (including phenoxy) is 1. The minimum atomic E-state index is -3.33. The fraction of sp³-hybridized carbons (Fsp3) is 0.500. The average molecular weight is 328 g/mol. The molecular formula is C14H20N2O5S. The molecule has 122 valence electrons. The van der Waals surface area contributed by atoms with Crippen molar-refractivity contribution in [3.63, 3.8) is 0 Å². The summed E-state index contributed by atoms with van der Waals surface area (Å²) in [4.78, 5) is 13.9. The molecule has 0 spiro atoms. The molecule has 1 aliphatic heterocycles. The molecule has 7 nitrogen and oxygen atoms in total. The van der Waals surface area contributed by atoms with Crippen molar-refractivity contribution in [1.29, 1.82) is 0 Å². The summed E-state index contributed by atoms with van der Waals surface area (Å²) in [5.41, 5.74) is 0.853. The van der Waals surface area contributed by atoms with Crippen LogP contribution in [-0.2, 0) is 14.8 Å². The molecule has 0 aliphatic carbocycles. The molecule has 1 aromatic rings. The van der Waals surface area contributed by atoms with E-state index < -0.39 is 16.1 Å². The van der Waals surface area contributed by atoms with Crippen molar-refractivity contribution in [3.05, 3.63) is 29.8 Å².